The number of hydrogen-bond donors (Lipinski definition) is 1. The summed E-state index contributed by atoms with van der Waals surface area (Å²) >= 11 is 0. The SMILES string of the molecule is CCOC(=O)C1(N)CCC(N(C)CCC(F)(F)F)C1. The highest BCUT2D eigenvalue weighted by atomic mass is 19.4. The molecular formula is C12H21F3N2O2. The van der Waals surface area contributed by atoms with E-state index < -0.39 is 24.1 Å². The van der Waals surface area contributed by atoms with E-state index in [4.69, 9.17) is 10.5 Å². The minimum atomic E-state index is -4.16. The van der Waals surface area contributed by atoms with Crippen LogP contribution in [0.1, 0.15) is 32.6 Å². The normalized spacial score (nSPS) is 27.8. The lowest BCUT2D eigenvalue weighted by molar-refractivity contribution is -0.150. The monoisotopic (exact) mass is 282 g/mol. The molecule has 1 rings (SSSR count). The summed E-state index contributed by atoms with van der Waals surface area (Å²) in [5.41, 5.74) is 4.93. The first-order valence-corrected chi connectivity index (χ1v) is 6.41. The molecule has 1 aliphatic carbocycles. The predicted octanol–water partition coefficient (Wildman–Crippen LogP) is 1.68. The zero-order valence-electron chi connectivity index (χ0n) is 11.3. The van der Waals surface area contributed by atoms with Crippen LogP contribution in [0, 0.1) is 0 Å². The van der Waals surface area contributed by atoms with Gasteiger partial charge in [-0.3, -0.25) is 4.79 Å². The molecule has 7 heteroatoms. The standard InChI is InChI=1S/C12H21F3N2O2/c1-3-19-10(18)11(16)5-4-9(8-11)17(2)7-6-12(13,14)15/h9H,3-8,16H2,1-2H3. The van der Waals surface area contributed by atoms with Gasteiger partial charge in [0.25, 0.3) is 0 Å². The van der Waals surface area contributed by atoms with Crippen molar-refractivity contribution in [3.63, 3.8) is 0 Å². The Morgan fingerprint density at radius 3 is 2.68 bits per heavy atom. The second-order valence-electron chi connectivity index (χ2n) is 5.12. The van der Waals surface area contributed by atoms with Gasteiger partial charge in [-0.1, -0.05) is 0 Å². The average molecular weight is 282 g/mol. The van der Waals surface area contributed by atoms with Crippen LogP contribution in [0.5, 0.6) is 0 Å². The van der Waals surface area contributed by atoms with E-state index in [-0.39, 0.29) is 19.2 Å². The van der Waals surface area contributed by atoms with Gasteiger partial charge in [0.05, 0.1) is 13.0 Å². The first kappa shape index (κ1) is 16.2. The largest absolute Gasteiger partial charge is 0.465 e. The number of carbonyl (C=O) groups is 1. The number of nitrogens with two attached hydrogens (primary N) is 1. The summed E-state index contributed by atoms with van der Waals surface area (Å²) in [7, 11) is 1.63. The summed E-state index contributed by atoms with van der Waals surface area (Å²) in [6, 6.07) is -0.100. The Labute approximate surface area is 111 Å². The average Bonchev–Trinajstić information content (AvgIpc) is 2.70. The predicted molar refractivity (Wildman–Crippen MR) is 64.5 cm³/mol. The fourth-order valence-corrected chi connectivity index (χ4v) is 2.37. The van der Waals surface area contributed by atoms with Gasteiger partial charge in [0.1, 0.15) is 5.54 Å². The maximum Gasteiger partial charge on any atom is 0.390 e. The minimum Gasteiger partial charge on any atom is -0.465 e. The molecule has 2 N–H and O–H groups in total. The molecule has 0 aromatic rings. The summed E-state index contributed by atoms with van der Waals surface area (Å²) in [4.78, 5) is 13.3. The van der Waals surface area contributed by atoms with Crippen molar-refractivity contribution in [3.8, 4) is 0 Å². The van der Waals surface area contributed by atoms with Crippen molar-refractivity contribution in [1.29, 1.82) is 0 Å². The van der Waals surface area contributed by atoms with Crippen LogP contribution in [0.2, 0.25) is 0 Å². The van der Waals surface area contributed by atoms with Crippen molar-refractivity contribution in [2.45, 2.75) is 50.4 Å². The van der Waals surface area contributed by atoms with Crippen LogP contribution >= 0.6 is 0 Å². The van der Waals surface area contributed by atoms with Gasteiger partial charge in [-0.05, 0) is 33.2 Å². The molecule has 2 atom stereocenters. The molecule has 0 aliphatic heterocycles. The fraction of sp³-hybridized carbons (Fsp3) is 0.917. The Hall–Kier alpha value is -0.820. The summed E-state index contributed by atoms with van der Waals surface area (Å²) < 4.78 is 41.4. The summed E-state index contributed by atoms with van der Waals surface area (Å²) in [5, 5.41) is 0. The van der Waals surface area contributed by atoms with Crippen molar-refractivity contribution in [1.82, 2.24) is 4.90 Å². The van der Waals surface area contributed by atoms with Crippen molar-refractivity contribution >= 4 is 5.97 Å². The van der Waals surface area contributed by atoms with E-state index in [1.165, 1.54) is 0 Å². The Bertz CT molecular complexity index is 323. The Kier molecular flexibility index (Phi) is 5.20. The van der Waals surface area contributed by atoms with Gasteiger partial charge in [-0.25, -0.2) is 0 Å². The third-order valence-corrected chi connectivity index (χ3v) is 3.58. The lowest BCUT2D eigenvalue weighted by Crippen LogP contribution is -2.48. The molecule has 0 aromatic heterocycles. The Balaban J connectivity index is 2.49. The highest BCUT2D eigenvalue weighted by Gasteiger charge is 2.44. The number of carbonyl (C=O) groups excluding carboxylic acids is 1. The van der Waals surface area contributed by atoms with Crippen LogP contribution in [-0.4, -0.2) is 48.8 Å². The third kappa shape index (κ3) is 4.65. The lowest BCUT2D eigenvalue weighted by Gasteiger charge is -2.27. The maximum atomic E-state index is 12.2. The summed E-state index contributed by atoms with van der Waals surface area (Å²) in [5.74, 6) is -0.457. The molecule has 0 saturated heterocycles. The van der Waals surface area contributed by atoms with Crippen LogP contribution < -0.4 is 5.73 Å². The van der Waals surface area contributed by atoms with Crippen molar-refractivity contribution in [3.05, 3.63) is 0 Å². The zero-order chi connectivity index (χ0) is 14.7. The third-order valence-electron chi connectivity index (χ3n) is 3.58. The van der Waals surface area contributed by atoms with Gasteiger partial charge >= 0.3 is 12.1 Å². The molecule has 1 aliphatic rings. The highest BCUT2D eigenvalue weighted by molar-refractivity contribution is 5.81. The van der Waals surface area contributed by atoms with Crippen LogP contribution in [0.15, 0.2) is 0 Å². The first-order chi connectivity index (χ1) is 8.68. The van der Waals surface area contributed by atoms with Crippen LogP contribution in [-0.2, 0) is 9.53 Å². The smallest absolute Gasteiger partial charge is 0.390 e. The van der Waals surface area contributed by atoms with E-state index in [1.807, 2.05) is 0 Å². The molecule has 0 spiro atoms. The van der Waals surface area contributed by atoms with Gasteiger partial charge in [0.15, 0.2) is 0 Å². The molecule has 0 radical (unpaired) electrons. The second kappa shape index (κ2) is 6.09. The number of esters is 1. The molecule has 112 valence electrons. The van der Waals surface area contributed by atoms with E-state index >= 15 is 0 Å². The molecule has 0 aromatic carbocycles. The molecule has 0 amide bonds. The molecule has 2 unspecified atom stereocenters. The van der Waals surface area contributed by atoms with E-state index in [0.29, 0.717) is 19.3 Å². The zero-order valence-corrected chi connectivity index (χ0v) is 11.3. The lowest BCUT2D eigenvalue weighted by atomic mass is 9.99. The topological polar surface area (TPSA) is 55.6 Å². The van der Waals surface area contributed by atoms with Gasteiger partial charge in [0, 0.05) is 12.6 Å². The summed E-state index contributed by atoms with van der Waals surface area (Å²) in [6.07, 6.45) is -3.60. The number of ether oxygens (including phenoxy) is 1. The highest BCUT2D eigenvalue weighted by Crippen LogP contribution is 2.32. The quantitative estimate of drug-likeness (QED) is 0.780. The number of nitrogens with zero attached hydrogens (tertiary/aromatic N) is 1. The maximum absolute atomic E-state index is 12.2. The second-order valence-corrected chi connectivity index (χ2v) is 5.12. The Morgan fingerprint density at radius 1 is 1.53 bits per heavy atom. The van der Waals surface area contributed by atoms with Crippen LogP contribution in [0.25, 0.3) is 0 Å². The first-order valence-electron chi connectivity index (χ1n) is 6.41. The fourth-order valence-electron chi connectivity index (χ4n) is 2.37. The molecule has 0 bridgehead atoms. The molecule has 19 heavy (non-hydrogen) atoms. The minimum absolute atomic E-state index is 0.0763. The van der Waals surface area contributed by atoms with E-state index in [1.54, 1.807) is 18.9 Å². The van der Waals surface area contributed by atoms with Crippen molar-refractivity contribution in [2.24, 2.45) is 5.73 Å². The molecule has 0 heterocycles. The molecule has 1 saturated carbocycles. The molecule has 1 fully saturated rings. The van der Waals surface area contributed by atoms with E-state index in [2.05, 4.69) is 0 Å². The number of halogens is 3. The van der Waals surface area contributed by atoms with E-state index in [9.17, 15) is 18.0 Å². The van der Waals surface area contributed by atoms with Gasteiger partial charge < -0.3 is 15.4 Å². The van der Waals surface area contributed by atoms with Gasteiger partial charge in [0.2, 0.25) is 0 Å². The number of rotatable bonds is 5. The van der Waals surface area contributed by atoms with Crippen LogP contribution in [0.4, 0.5) is 13.2 Å². The van der Waals surface area contributed by atoms with Gasteiger partial charge in [-0.15, -0.1) is 0 Å². The Morgan fingerprint density at radius 2 is 2.16 bits per heavy atom. The summed E-state index contributed by atoms with van der Waals surface area (Å²) in [6.45, 7) is 1.88. The van der Waals surface area contributed by atoms with Gasteiger partial charge in [-0.2, -0.15) is 13.2 Å². The molecule has 4 nitrogen and oxygen atoms in total. The number of alkyl halides is 3. The van der Waals surface area contributed by atoms with Crippen molar-refractivity contribution < 1.29 is 22.7 Å². The van der Waals surface area contributed by atoms with Crippen LogP contribution in [0.3, 0.4) is 0 Å². The molecular weight excluding hydrogens is 261 g/mol. The number of hydrogen-bond acceptors (Lipinski definition) is 4. The van der Waals surface area contributed by atoms with E-state index in [0.717, 1.165) is 0 Å². The van der Waals surface area contributed by atoms with Crippen molar-refractivity contribution in [2.75, 3.05) is 20.2 Å².